The van der Waals surface area contributed by atoms with Gasteiger partial charge in [0, 0.05) is 13.1 Å². The Bertz CT molecular complexity index is 505. The smallest absolute Gasteiger partial charge is 0.273 e. The number of carbonyl (C=O) groups is 1. The average molecular weight is 395 g/mol. The summed E-state index contributed by atoms with van der Waals surface area (Å²) in [7, 11) is 0. The molecule has 1 aromatic rings. The first kappa shape index (κ1) is 24.1. The Hall–Kier alpha value is -0.890. The molecule has 0 unspecified atom stereocenters. The van der Waals surface area contributed by atoms with Crippen molar-refractivity contribution in [3.8, 4) is 0 Å². The molecule has 25 heavy (non-hydrogen) atoms. The number of hydrogen-bond acceptors (Lipinski definition) is 5. The predicted molar refractivity (Wildman–Crippen MR) is 105 cm³/mol. The molecule has 1 aliphatic heterocycles. The van der Waals surface area contributed by atoms with E-state index in [2.05, 4.69) is 39.7 Å². The first-order valence-electron chi connectivity index (χ1n) is 8.80. The minimum absolute atomic E-state index is 0. The van der Waals surface area contributed by atoms with E-state index in [9.17, 15) is 4.79 Å². The van der Waals surface area contributed by atoms with E-state index in [1.165, 1.54) is 0 Å². The second kappa shape index (κ2) is 12.5. The second-order valence-electron chi connectivity index (χ2n) is 6.14. The largest absolute Gasteiger partial charge is 0.349 e. The monoisotopic (exact) mass is 394 g/mol. The van der Waals surface area contributed by atoms with Gasteiger partial charge in [-0.1, -0.05) is 19.1 Å². The van der Waals surface area contributed by atoms with E-state index in [1.807, 2.05) is 11.6 Å². The SMILES string of the molecule is CCCN(CC)CCNC(=O)c1nnn(C2CCNCC2)c1C.Cl.Cl. The lowest BCUT2D eigenvalue weighted by atomic mass is 10.1. The minimum atomic E-state index is -0.116. The zero-order chi connectivity index (χ0) is 16.7. The van der Waals surface area contributed by atoms with Gasteiger partial charge < -0.3 is 15.5 Å². The van der Waals surface area contributed by atoms with E-state index in [0.29, 0.717) is 18.3 Å². The summed E-state index contributed by atoms with van der Waals surface area (Å²) in [4.78, 5) is 14.7. The Morgan fingerprint density at radius 2 is 1.96 bits per heavy atom. The second-order valence-corrected chi connectivity index (χ2v) is 6.14. The third-order valence-electron chi connectivity index (χ3n) is 4.50. The van der Waals surface area contributed by atoms with Crippen LogP contribution >= 0.6 is 24.8 Å². The molecule has 2 heterocycles. The highest BCUT2D eigenvalue weighted by Crippen LogP contribution is 2.20. The summed E-state index contributed by atoms with van der Waals surface area (Å²) < 4.78 is 1.92. The van der Waals surface area contributed by atoms with Gasteiger partial charge in [-0.05, 0) is 52.4 Å². The van der Waals surface area contributed by atoms with E-state index >= 15 is 0 Å². The molecule has 1 aliphatic rings. The maximum Gasteiger partial charge on any atom is 0.273 e. The molecular weight excluding hydrogens is 363 g/mol. The van der Waals surface area contributed by atoms with Crippen LogP contribution in [-0.2, 0) is 0 Å². The van der Waals surface area contributed by atoms with Crippen molar-refractivity contribution in [2.45, 2.75) is 46.1 Å². The number of hydrogen-bond donors (Lipinski definition) is 2. The maximum atomic E-state index is 12.3. The van der Waals surface area contributed by atoms with Crippen LogP contribution in [0.4, 0.5) is 0 Å². The standard InChI is InChI=1S/C16H30N6O.2ClH/c1-4-11-21(5-2)12-10-18-16(23)15-13(3)22(20-19-15)14-6-8-17-9-7-14;;/h14,17H,4-12H2,1-3H3,(H,18,23);2*1H. The number of carbonyl (C=O) groups excluding carboxylic acids is 1. The van der Waals surface area contributed by atoms with Crippen molar-refractivity contribution >= 4 is 30.7 Å². The van der Waals surface area contributed by atoms with E-state index in [1.54, 1.807) is 0 Å². The molecule has 0 spiro atoms. The van der Waals surface area contributed by atoms with Crippen molar-refractivity contribution in [2.24, 2.45) is 0 Å². The molecule has 0 aromatic carbocycles. The van der Waals surface area contributed by atoms with Crippen LogP contribution in [0.15, 0.2) is 0 Å². The molecule has 1 aromatic heterocycles. The lowest BCUT2D eigenvalue weighted by Gasteiger charge is -2.23. The third-order valence-corrected chi connectivity index (χ3v) is 4.50. The molecule has 0 atom stereocenters. The molecule has 2 rings (SSSR count). The van der Waals surface area contributed by atoms with Gasteiger partial charge in [-0.2, -0.15) is 0 Å². The Morgan fingerprint density at radius 3 is 2.56 bits per heavy atom. The molecule has 0 saturated carbocycles. The Labute approximate surface area is 163 Å². The summed E-state index contributed by atoms with van der Waals surface area (Å²) in [5.41, 5.74) is 1.33. The molecule has 9 heteroatoms. The fraction of sp³-hybridized carbons (Fsp3) is 0.812. The van der Waals surface area contributed by atoms with E-state index in [0.717, 1.165) is 57.7 Å². The maximum absolute atomic E-state index is 12.3. The van der Waals surface area contributed by atoms with Crippen LogP contribution in [0.1, 0.15) is 55.3 Å². The summed E-state index contributed by atoms with van der Waals surface area (Å²) in [5.74, 6) is -0.116. The number of piperidine rings is 1. The molecule has 1 fully saturated rings. The summed E-state index contributed by atoms with van der Waals surface area (Å²) in [5, 5.41) is 14.6. The zero-order valence-electron chi connectivity index (χ0n) is 15.5. The molecule has 2 N–H and O–H groups in total. The molecule has 1 saturated heterocycles. The van der Waals surface area contributed by atoms with Crippen LogP contribution in [0.25, 0.3) is 0 Å². The molecule has 1 amide bonds. The number of nitrogens with one attached hydrogen (secondary N) is 2. The number of halogens is 2. The van der Waals surface area contributed by atoms with Gasteiger partial charge in [0.05, 0.1) is 11.7 Å². The Morgan fingerprint density at radius 1 is 1.28 bits per heavy atom. The normalized spacial score (nSPS) is 14.7. The van der Waals surface area contributed by atoms with Crippen LogP contribution < -0.4 is 10.6 Å². The minimum Gasteiger partial charge on any atom is -0.349 e. The van der Waals surface area contributed by atoms with Crippen molar-refractivity contribution in [1.82, 2.24) is 30.5 Å². The highest BCUT2D eigenvalue weighted by atomic mass is 35.5. The average Bonchev–Trinajstić information content (AvgIpc) is 2.96. The first-order valence-corrected chi connectivity index (χ1v) is 8.80. The lowest BCUT2D eigenvalue weighted by Crippen LogP contribution is -2.35. The van der Waals surface area contributed by atoms with Crippen LogP contribution in [0.3, 0.4) is 0 Å². The Balaban J connectivity index is 0.00000288. The quantitative estimate of drug-likeness (QED) is 0.702. The summed E-state index contributed by atoms with van der Waals surface area (Å²) in [6.07, 6.45) is 3.20. The molecule has 0 bridgehead atoms. The molecule has 7 nitrogen and oxygen atoms in total. The van der Waals surface area contributed by atoms with Crippen LogP contribution in [0.5, 0.6) is 0 Å². The summed E-state index contributed by atoms with van der Waals surface area (Å²) >= 11 is 0. The molecule has 0 radical (unpaired) electrons. The fourth-order valence-electron chi connectivity index (χ4n) is 3.10. The van der Waals surface area contributed by atoms with Crippen LogP contribution in [-0.4, -0.2) is 65.1 Å². The molecule has 146 valence electrons. The van der Waals surface area contributed by atoms with Gasteiger partial charge in [0.2, 0.25) is 0 Å². The van der Waals surface area contributed by atoms with Crippen molar-refractivity contribution in [3.63, 3.8) is 0 Å². The van der Waals surface area contributed by atoms with Gasteiger partial charge in [-0.25, -0.2) is 4.68 Å². The summed E-state index contributed by atoms with van der Waals surface area (Å²) in [6, 6.07) is 0.352. The van der Waals surface area contributed by atoms with Crippen molar-refractivity contribution < 1.29 is 4.79 Å². The molecule has 0 aliphatic carbocycles. The number of amides is 1. The van der Waals surface area contributed by atoms with Gasteiger partial charge in [0.15, 0.2) is 5.69 Å². The fourth-order valence-corrected chi connectivity index (χ4v) is 3.10. The number of rotatable bonds is 8. The number of aromatic nitrogens is 3. The van der Waals surface area contributed by atoms with Gasteiger partial charge in [0.1, 0.15) is 0 Å². The van der Waals surface area contributed by atoms with E-state index < -0.39 is 0 Å². The van der Waals surface area contributed by atoms with Gasteiger partial charge >= 0.3 is 0 Å². The lowest BCUT2D eigenvalue weighted by molar-refractivity contribution is 0.0943. The third kappa shape index (κ3) is 6.73. The van der Waals surface area contributed by atoms with E-state index in [-0.39, 0.29) is 30.7 Å². The van der Waals surface area contributed by atoms with Crippen molar-refractivity contribution in [2.75, 3.05) is 39.3 Å². The Kier molecular flexibility index (Phi) is 12.0. The molecular formula is C16H32Cl2N6O. The predicted octanol–water partition coefficient (Wildman–Crippen LogP) is 1.82. The first-order chi connectivity index (χ1) is 11.2. The number of nitrogens with zero attached hydrogens (tertiary/aromatic N) is 4. The van der Waals surface area contributed by atoms with Crippen molar-refractivity contribution in [3.05, 3.63) is 11.4 Å². The highest BCUT2D eigenvalue weighted by molar-refractivity contribution is 5.93. The van der Waals surface area contributed by atoms with Gasteiger partial charge in [0.25, 0.3) is 5.91 Å². The van der Waals surface area contributed by atoms with Crippen LogP contribution in [0.2, 0.25) is 0 Å². The van der Waals surface area contributed by atoms with Gasteiger partial charge in [-0.3, -0.25) is 4.79 Å². The van der Waals surface area contributed by atoms with Crippen molar-refractivity contribution in [1.29, 1.82) is 0 Å². The summed E-state index contributed by atoms with van der Waals surface area (Å²) in [6.45, 7) is 11.8. The van der Waals surface area contributed by atoms with E-state index in [4.69, 9.17) is 0 Å². The van der Waals surface area contributed by atoms with Crippen LogP contribution in [0, 0.1) is 6.92 Å². The van der Waals surface area contributed by atoms with Gasteiger partial charge in [-0.15, -0.1) is 29.9 Å². The highest BCUT2D eigenvalue weighted by Gasteiger charge is 2.22. The topological polar surface area (TPSA) is 75.1 Å². The number of likely N-dealkylation sites (N-methyl/N-ethyl adjacent to an activating group) is 1. The zero-order valence-corrected chi connectivity index (χ0v) is 17.1.